The molecule has 0 bridgehead atoms. The van der Waals surface area contributed by atoms with Crippen molar-refractivity contribution in [3.63, 3.8) is 0 Å². The summed E-state index contributed by atoms with van der Waals surface area (Å²) < 4.78 is 11.0. The number of methoxy groups -OCH3 is 2. The molecule has 0 unspecified atom stereocenters. The minimum absolute atomic E-state index is 0.0882. The van der Waals surface area contributed by atoms with Crippen LogP contribution in [0.3, 0.4) is 0 Å². The fourth-order valence-corrected chi connectivity index (χ4v) is 3.02. The van der Waals surface area contributed by atoms with Crippen LogP contribution in [-0.2, 0) is 4.79 Å². The number of hydrogen-bond donors (Lipinski definition) is 0. The monoisotopic (exact) mass is 309 g/mol. The Labute approximate surface area is 127 Å². The van der Waals surface area contributed by atoms with Crippen molar-refractivity contribution in [2.75, 3.05) is 26.5 Å². The van der Waals surface area contributed by atoms with Gasteiger partial charge in [0.05, 0.1) is 14.2 Å². The highest BCUT2D eigenvalue weighted by Gasteiger charge is 2.21. The molecule has 20 heavy (non-hydrogen) atoms. The summed E-state index contributed by atoms with van der Waals surface area (Å²) >= 11 is 6.65. The van der Waals surface area contributed by atoms with Crippen molar-refractivity contribution in [1.29, 1.82) is 0 Å². The maximum atomic E-state index is 12.0. The summed E-state index contributed by atoms with van der Waals surface area (Å²) in [7, 11) is 3.17. The highest BCUT2D eigenvalue weighted by molar-refractivity contribution is 8.23. The summed E-state index contributed by atoms with van der Waals surface area (Å²) in [5.74, 6) is 2.08. The average Bonchev–Trinajstić information content (AvgIpc) is 2.90. The second kappa shape index (κ2) is 6.76. The van der Waals surface area contributed by atoms with Gasteiger partial charge in [0.25, 0.3) is 5.91 Å². The molecule has 0 atom stereocenters. The number of rotatable bonds is 4. The van der Waals surface area contributed by atoms with E-state index >= 15 is 0 Å². The molecule has 1 aromatic carbocycles. The van der Waals surface area contributed by atoms with Crippen LogP contribution in [0.25, 0.3) is 6.08 Å². The van der Waals surface area contributed by atoms with E-state index in [1.165, 1.54) is 17.8 Å². The molecular weight excluding hydrogens is 294 g/mol. The Balaban J connectivity index is 2.11. The summed E-state index contributed by atoms with van der Waals surface area (Å²) in [4.78, 5) is 13.6. The largest absolute Gasteiger partial charge is 0.493 e. The van der Waals surface area contributed by atoms with Crippen molar-refractivity contribution in [3.8, 4) is 11.5 Å². The molecular formula is C14H15NO3S2. The smallest absolute Gasteiger partial charge is 0.252 e. The lowest BCUT2D eigenvalue weighted by atomic mass is 10.2. The van der Waals surface area contributed by atoms with Crippen molar-refractivity contribution >= 4 is 40.3 Å². The standard InChI is InChI=1S/C14H15NO3S2/c1-17-11-5-3-10(9-12(11)18-2)4-6-13(16)15-7-8-20-14(15)19/h3-6,9H,7-8H2,1-2H3. The molecule has 1 fully saturated rings. The minimum atomic E-state index is -0.0882. The third-order valence-corrected chi connectivity index (χ3v) is 4.28. The van der Waals surface area contributed by atoms with E-state index < -0.39 is 0 Å². The number of thioether (sulfide) groups is 1. The molecule has 0 saturated carbocycles. The lowest BCUT2D eigenvalue weighted by Gasteiger charge is -2.11. The first-order valence-electron chi connectivity index (χ1n) is 6.04. The van der Waals surface area contributed by atoms with Crippen molar-refractivity contribution < 1.29 is 14.3 Å². The Hall–Kier alpha value is -1.53. The van der Waals surface area contributed by atoms with Crippen LogP contribution in [0.15, 0.2) is 24.3 Å². The number of nitrogens with zero attached hydrogens (tertiary/aromatic N) is 1. The second-order valence-electron chi connectivity index (χ2n) is 4.05. The van der Waals surface area contributed by atoms with Crippen LogP contribution in [0.5, 0.6) is 11.5 Å². The second-order valence-corrected chi connectivity index (χ2v) is 5.78. The van der Waals surface area contributed by atoms with Gasteiger partial charge in [-0.1, -0.05) is 30.0 Å². The van der Waals surface area contributed by atoms with Crippen LogP contribution in [0.4, 0.5) is 0 Å². The molecule has 0 aromatic heterocycles. The van der Waals surface area contributed by atoms with Crippen molar-refractivity contribution in [1.82, 2.24) is 4.90 Å². The fraction of sp³-hybridized carbons (Fsp3) is 0.286. The molecule has 6 heteroatoms. The average molecular weight is 309 g/mol. The Morgan fingerprint density at radius 3 is 2.70 bits per heavy atom. The summed E-state index contributed by atoms with van der Waals surface area (Å²) in [6.45, 7) is 0.679. The van der Waals surface area contributed by atoms with Crippen LogP contribution in [0, 0.1) is 0 Å². The molecule has 1 aliphatic heterocycles. The van der Waals surface area contributed by atoms with Gasteiger partial charge in [-0.05, 0) is 23.8 Å². The number of carbonyl (C=O) groups excluding carboxylic acids is 1. The zero-order valence-corrected chi connectivity index (χ0v) is 12.9. The van der Waals surface area contributed by atoms with Gasteiger partial charge < -0.3 is 9.47 Å². The Bertz CT molecular complexity index is 557. The van der Waals surface area contributed by atoms with Crippen LogP contribution >= 0.6 is 24.0 Å². The SMILES string of the molecule is COc1ccc(C=CC(=O)N2CCSC2=S)cc1OC. The molecule has 1 heterocycles. The van der Waals surface area contributed by atoms with E-state index in [0.717, 1.165) is 11.3 Å². The van der Waals surface area contributed by atoms with Gasteiger partial charge in [0.2, 0.25) is 0 Å². The van der Waals surface area contributed by atoms with Crippen molar-refractivity contribution in [2.45, 2.75) is 0 Å². The summed E-state index contributed by atoms with van der Waals surface area (Å²) in [6, 6.07) is 5.49. The summed E-state index contributed by atoms with van der Waals surface area (Å²) in [5.41, 5.74) is 0.869. The molecule has 1 saturated heterocycles. The number of ether oxygens (including phenoxy) is 2. The fourth-order valence-electron chi connectivity index (χ4n) is 1.81. The van der Waals surface area contributed by atoms with Gasteiger partial charge in [0.1, 0.15) is 4.32 Å². The van der Waals surface area contributed by atoms with E-state index in [-0.39, 0.29) is 5.91 Å². The zero-order chi connectivity index (χ0) is 14.5. The molecule has 0 spiro atoms. The molecule has 106 valence electrons. The van der Waals surface area contributed by atoms with Gasteiger partial charge in [-0.2, -0.15) is 0 Å². The lowest BCUT2D eigenvalue weighted by Crippen LogP contribution is -2.28. The Morgan fingerprint density at radius 1 is 1.35 bits per heavy atom. The van der Waals surface area contributed by atoms with Crippen LogP contribution in [-0.4, -0.2) is 41.6 Å². The van der Waals surface area contributed by atoms with Gasteiger partial charge >= 0.3 is 0 Å². The highest BCUT2D eigenvalue weighted by atomic mass is 32.2. The van der Waals surface area contributed by atoms with Crippen molar-refractivity contribution in [2.24, 2.45) is 0 Å². The van der Waals surface area contributed by atoms with Crippen LogP contribution in [0.2, 0.25) is 0 Å². The molecule has 0 aliphatic carbocycles. The van der Waals surface area contributed by atoms with Gasteiger partial charge in [-0.3, -0.25) is 9.69 Å². The van der Waals surface area contributed by atoms with E-state index in [1.807, 2.05) is 12.1 Å². The van der Waals surface area contributed by atoms with Gasteiger partial charge in [-0.15, -0.1) is 0 Å². The third kappa shape index (κ3) is 3.32. The first-order valence-corrected chi connectivity index (χ1v) is 7.43. The number of hydrogen-bond acceptors (Lipinski definition) is 5. The molecule has 0 radical (unpaired) electrons. The predicted octanol–water partition coefficient (Wildman–Crippen LogP) is 2.58. The van der Waals surface area contributed by atoms with Crippen LogP contribution < -0.4 is 9.47 Å². The van der Waals surface area contributed by atoms with E-state index in [9.17, 15) is 4.79 Å². The van der Waals surface area contributed by atoms with Gasteiger partial charge in [0, 0.05) is 18.4 Å². The molecule has 1 aliphatic rings. The summed E-state index contributed by atoms with van der Waals surface area (Å²) in [5, 5.41) is 0. The lowest BCUT2D eigenvalue weighted by molar-refractivity contribution is -0.121. The Kier molecular flexibility index (Phi) is 5.03. The van der Waals surface area contributed by atoms with Crippen LogP contribution in [0.1, 0.15) is 5.56 Å². The molecule has 0 N–H and O–H groups in total. The number of carbonyl (C=O) groups is 1. The molecule has 2 rings (SSSR count). The van der Waals surface area contributed by atoms with Crippen molar-refractivity contribution in [3.05, 3.63) is 29.8 Å². The van der Waals surface area contributed by atoms with E-state index in [0.29, 0.717) is 22.4 Å². The number of thiocarbonyl (C=S) groups is 1. The highest BCUT2D eigenvalue weighted by Crippen LogP contribution is 2.28. The quantitative estimate of drug-likeness (QED) is 0.631. The molecule has 4 nitrogen and oxygen atoms in total. The summed E-state index contributed by atoms with van der Waals surface area (Å²) in [6.07, 6.45) is 3.27. The molecule has 1 amide bonds. The number of benzene rings is 1. The predicted molar refractivity (Wildman–Crippen MR) is 85.3 cm³/mol. The van der Waals surface area contributed by atoms with E-state index in [1.54, 1.807) is 31.3 Å². The maximum absolute atomic E-state index is 12.0. The first kappa shape index (κ1) is 14.9. The topological polar surface area (TPSA) is 38.8 Å². The normalized spacial score (nSPS) is 14.9. The number of amides is 1. The van der Waals surface area contributed by atoms with Gasteiger partial charge in [-0.25, -0.2) is 0 Å². The van der Waals surface area contributed by atoms with E-state index in [4.69, 9.17) is 21.7 Å². The maximum Gasteiger partial charge on any atom is 0.252 e. The zero-order valence-electron chi connectivity index (χ0n) is 11.3. The Morgan fingerprint density at radius 2 is 2.10 bits per heavy atom. The minimum Gasteiger partial charge on any atom is -0.493 e. The van der Waals surface area contributed by atoms with E-state index in [2.05, 4.69) is 0 Å². The molecule has 1 aromatic rings. The van der Waals surface area contributed by atoms with Gasteiger partial charge in [0.15, 0.2) is 11.5 Å². The third-order valence-electron chi connectivity index (χ3n) is 2.85. The first-order chi connectivity index (χ1) is 9.65.